The molecule has 0 atom stereocenters. The fraction of sp³-hybridized carbons (Fsp3) is 0.667. The molecule has 0 fully saturated rings. The highest BCUT2D eigenvalue weighted by molar-refractivity contribution is 5.75. The topological polar surface area (TPSA) is 66.8 Å². The van der Waals surface area contributed by atoms with E-state index >= 15 is 0 Å². The summed E-state index contributed by atoms with van der Waals surface area (Å²) in [6.45, 7) is -2.73. The lowest BCUT2D eigenvalue weighted by molar-refractivity contribution is -0.260. The zero-order valence-corrected chi connectivity index (χ0v) is 4.42. The van der Waals surface area contributed by atoms with Crippen molar-refractivity contribution in [2.24, 2.45) is 0 Å². The SMILES string of the molecule is O=C(OC(O)O)C(F)(F)F. The van der Waals surface area contributed by atoms with Gasteiger partial charge in [0.1, 0.15) is 0 Å². The lowest BCUT2D eigenvalue weighted by Crippen LogP contribution is -2.29. The van der Waals surface area contributed by atoms with Crippen LogP contribution in [0.5, 0.6) is 0 Å². The molecule has 0 aliphatic heterocycles. The quantitative estimate of drug-likeness (QED) is 0.395. The average molecular weight is 160 g/mol. The van der Waals surface area contributed by atoms with Crippen molar-refractivity contribution < 1.29 is 32.9 Å². The van der Waals surface area contributed by atoms with Crippen molar-refractivity contribution in [3.8, 4) is 0 Å². The molecule has 2 N–H and O–H groups in total. The van der Waals surface area contributed by atoms with Crippen LogP contribution in [0.3, 0.4) is 0 Å². The van der Waals surface area contributed by atoms with E-state index in [-0.39, 0.29) is 0 Å². The molecule has 0 heterocycles. The number of halogens is 3. The van der Waals surface area contributed by atoms with Crippen LogP contribution < -0.4 is 0 Å². The Morgan fingerprint density at radius 1 is 1.40 bits per heavy atom. The Balaban J connectivity index is 3.87. The Labute approximate surface area is 52.8 Å². The number of aliphatic hydroxyl groups excluding tert-OH is 1. The second-order valence-corrected chi connectivity index (χ2v) is 1.23. The number of carbonyl (C=O) groups excluding carboxylic acids is 1. The van der Waals surface area contributed by atoms with E-state index in [0.29, 0.717) is 0 Å². The van der Waals surface area contributed by atoms with Crippen LogP contribution in [0.15, 0.2) is 0 Å². The first-order valence-electron chi connectivity index (χ1n) is 1.98. The number of carbonyl (C=O) groups is 1. The van der Waals surface area contributed by atoms with Gasteiger partial charge in [-0.2, -0.15) is 13.2 Å². The first kappa shape index (κ1) is 9.18. The molecule has 0 aromatic heterocycles. The second kappa shape index (κ2) is 2.84. The summed E-state index contributed by atoms with van der Waals surface area (Å²) < 4.78 is 36.3. The third-order valence-corrected chi connectivity index (χ3v) is 0.444. The van der Waals surface area contributed by atoms with Gasteiger partial charge in [0.2, 0.25) is 0 Å². The largest absolute Gasteiger partial charge is 0.491 e. The van der Waals surface area contributed by atoms with Crippen molar-refractivity contribution in [2.45, 2.75) is 12.7 Å². The van der Waals surface area contributed by atoms with E-state index in [1.54, 1.807) is 0 Å². The van der Waals surface area contributed by atoms with Gasteiger partial charge in [-0.25, -0.2) is 4.79 Å². The smallest absolute Gasteiger partial charge is 0.404 e. The first-order valence-corrected chi connectivity index (χ1v) is 1.98. The lowest BCUT2D eigenvalue weighted by Gasteiger charge is -2.06. The van der Waals surface area contributed by atoms with Gasteiger partial charge in [0.15, 0.2) is 0 Å². The van der Waals surface area contributed by atoms with E-state index in [0.717, 1.165) is 0 Å². The highest BCUT2D eigenvalue weighted by atomic mass is 19.4. The molecule has 0 amide bonds. The summed E-state index contributed by atoms with van der Waals surface area (Å²) in [7, 11) is 0. The monoisotopic (exact) mass is 160 g/mol. The Kier molecular flexibility index (Phi) is 2.61. The first-order chi connectivity index (χ1) is 4.34. The number of alkyl halides is 3. The minimum atomic E-state index is -5.19. The standard InChI is InChI=1S/C3H3F3O4/c4-3(5,6)1(7)10-2(8)9/h2,8-9H. The number of ether oxygens (including phenoxy) is 1. The normalized spacial score (nSPS) is 11.8. The Morgan fingerprint density at radius 3 is 1.90 bits per heavy atom. The number of rotatable bonds is 1. The molecule has 0 radical (unpaired) electrons. The molecule has 0 bridgehead atoms. The zero-order chi connectivity index (χ0) is 8.36. The molecule has 0 aromatic rings. The summed E-state index contributed by atoms with van der Waals surface area (Å²) >= 11 is 0. The van der Waals surface area contributed by atoms with Gasteiger partial charge in [-0.15, -0.1) is 0 Å². The fourth-order valence-electron chi connectivity index (χ4n) is 0.163. The summed E-state index contributed by atoms with van der Waals surface area (Å²) in [5.41, 5.74) is 0. The molecule has 0 aliphatic rings. The van der Waals surface area contributed by atoms with Crippen molar-refractivity contribution in [1.29, 1.82) is 0 Å². The van der Waals surface area contributed by atoms with Gasteiger partial charge < -0.3 is 14.9 Å². The van der Waals surface area contributed by atoms with E-state index in [1.165, 1.54) is 0 Å². The molecule has 10 heavy (non-hydrogen) atoms. The minimum Gasteiger partial charge on any atom is -0.404 e. The summed E-state index contributed by atoms with van der Waals surface area (Å²) in [5.74, 6) is -2.64. The molecule has 0 spiro atoms. The third-order valence-electron chi connectivity index (χ3n) is 0.444. The average Bonchev–Trinajstić information content (AvgIpc) is 1.60. The molecule has 0 rings (SSSR count). The summed E-state index contributed by atoms with van der Waals surface area (Å²) in [6.07, 6.45) is -5.19. The minimum absolute atomic E-state index is 2.64. The summed E-state index contributed by atoms with van der Waals surface area (Å²) in [4.78, 5) is 9.61. The molecule has 7 heteroatoms. The number of aliphatic hydroxyl groups is 2. The van der Waals surface area contributed by atoms with E-state index < -0.39 is 18.6 Å². The molecule has 4 nitrogen and oxygen atoms in total. The van der Waals surface area contributed by atoms with Gasteiger partial charge in [0, 0.05) is 0 Å². The Hall–Kier alpha value is -0.820. The van der Waals surface area contributed by atoms with E-state index in [1.807, 2.05) is 0 Å². The number of hydrogen-bond donors (Lipinski definition) is 2. The van der Waals surface area contributed by atoms with Crippen molar-refractivity contribution >= 4 is 5.97 Å². The molecule has 60 valence electrons. The van der Waals surface area contributed by atoms with Crippen LogP contribution in [0, 0.1) is 0 Å². The Morgan fingerprint density at radius 2 is 1.80 bits per heavy atom. The number of hydrogen-bond acceptors (Lipinski definition) is 4. The fourth-order valence-corrected chi connectivity index (χ4v) is 0.163. The van der Waals surface area contributed by atoms with Crippen LogP contribution in [-0.2, 0) is 9.53 Å². The van der Waals surface area contributed by atoms with Crippen molar-refractivity contribution in [2.75, 3.05) is 0 Å². The maximum atomic E-state index is 11.1. The maximum Gasteiger partial charge on any atom is 0.491 e. The highest BCUT2D eigenvalue weighted by Crippen LogP contribution is 2.16. The van der Waals surface area contributed by atoms with Crippen LogP contribution in [0.4, 0.5) is 13.2 Å². The summed E-state index contributed by atoms with van der Waals surface area (Å²) in [6, 6.07) is 0. The van der Waals surface area contributed by atoms with Crippen LogP contribution in [0.2, 0.25) is 0 Å². The predicted octanol–water partition coefficient (Wildman–Crippen LogP) is -0.640. The van der Waals surface area contributed by atoms with E-state index in [2.05, 4.69) is 4.74 Å². The van der Waals surface area contributed by atoms with Crippen molar-refractivity contribution in [1.82, 2.24) is 0 Å². The molecular formula is C3H3F3O4. The van der Waals surface area contributed by atoms with Gasteiger partial charge in [0.25, 0.3) is 0 Å². The maximum absolute atomic E-state index is 11.1. The van der Waals surface area contributed by atoms with Gasteiger partial charge in [-0.3, -0.25) is 0 Å². The molecule has 0 saturated carbocycles. The number of esters is 1. The highest BCUT2D eigenvalue weighted by Gasteiger charge is 2.41. The van der Waals surface area contributed by atoms with Crippen LogP contribution in [0.1, 0.15) is 0 Å². The second-order valence-electron chi connectivity index (χ2n) is 1.23. The summed E-state index contributed by atoms with van der Waals surface area (Å²) in [5, 5.41) is 15.4. The zero-order valence-electron chi connectivity index (χ0n) is 4.42. The van der Waals surface area contributed by atoms with Gasteiger partial charge in [-0.05, 0) is 0 Å². The van der Waals surface area contributed by atoms with Gasteiger partial charge >= 0.3 is 18.6 Å². The molecular weight excluding hydrogens is 157 g/mol. The lowest BCUT2D eigenvalue weighted by atomic mass is 10.7. The Bertz CT molecular complexity index is 128. The molecule has 0 aliphatic carbocycles. The van der Waals surface area contributed by atoms with Crippen molar-refractivity contribution in [3.05, 3.63) is 0 Å². The van der Waals surface area contributed by atoms with Crippen LogP contribution in [-0.4, -0.2) is 28.8 Å². The van der Waals surface area contributed by atoms with Gasteiger partial charge in [0.05, 0.1) is 0 Å². The van der Waals surface area contributed by atoms with E-state index in [4.69, 9.17) is 10.2 Å². The molecule has 0 saturated heterocycles. The predicted molar refractivity (Wildman–Crippen MR) is 20.4 cm³/mol. The van der Waals surface area contributed by atoms with Crippen LogP contribution >= 0.6 is 0 Å². The third kappa shape index (κ3) is 3.25. The van der Waals surface area contributed by atoms with Crippen LogP contribution in [0.25, 0.3) is 0 Å². The van der Waals surface area contributed by atoms with E-state index in [9.17, 15) is 18.0 Å². The van der Waals surface area contributed by atoms with Gasteiger partial charge in [-0.1, -0.05) is 0 Å². The molecule has 0 unspecified atom stereocenters. The molecule has 0 aromatic carbocycles. The van der Waals surface area contributed by atoms with Crippen molar-refractivity contribution in [3.63, 3.8) is 0 Å².